The van der Waals surface area contributed by atoms with Gasteiger partial charge in [0.2, 0.25) is 0 Å². The van der Waals surface area contributed by atoms with Crippen LogP contribution < -0.4 is 0 Å². The van der Waals surface area contributed by atoms with Crippen LogP contribution in [0.2, 0.25) is 6.82 Å². The highest BCUT2D eigenvalue weighted by molar-refractivity contribution is 6.45. The summed E-state index contributed by atoms with van der Waals surface area (Å²) in [6.07, 6.45) is 4.33. The van der Waals surface area contributed by atoms with E-state index in [0.717, 1.165) is 24.9 Å². The Morgan fingerprint density at radius 3 is 2.71 bits per heavy atom. The molecule has 21 heavy (non-hydrogen) atoms. The molecule has 2 fully saturated rings. The van der Waals surface area contributed by atoms with Crippen LogP contribution in [-0.2, 0) is 16.1 Å². The fraction of sp³-hybridized carbons (Fsp3) is 0.562. The maximum atomic E-state index is 12.4. The molecule has 1 saturated heterocycles. The second kappa shape index (κ2) is 5.81. The minimum atomic E-state index is -0.602. The third-order valence-corrected chi connectivity index (χ3v) is 4.86. The van der Waals surface area contributed by atoms with Crippen LogP contribution in [0.15, 0.2) is 30.3 Å². The van der Waals surface area contributed by atoms with Gasteiger partial charge in [0, 0.05) is 0 Å². The number of esters is 1. The Balaban J connectivity index is 1.63. The van der Waals surface area contributed by atoms with E-state index in [1.165, 1.54) is 12.8 Å². The molecule has 0 unspecified atom stereocenters. The van der Waals surface area contributed by atoms with Crippen LogP contribution in [0.4, 0.5) is 0 Å². The summed E-state index contributed by atoms with van der Waals surface area (Å²) in [5.41, 5.74) is 1.34. The molecule has 4 nitrogen and oxygen atoms in total. The number of ether oxygens (including phenoxy) is 1. The molecular formula is C16H22BNO3. The van der Waals surface area contributed by atoms with E-state index < -0.39 is 7.05 Å². The average molecular weight is 287 g/mol. The highest BCUT2D eigenvalue weighted by Crippen LogP contribution is 2.55. The number of rotatable bonds is 4. The highest BCUT2D eigenvalue weighted by atomic mass is 16.5. The molecule has 2 aliphatic rings. The zero-order valence-corrected chi connectivity index (χ0v) is 12.5. The summed E-state index contributed by atoms with van der Waals surface area (Å²) in [4.78, 5) is 14.3. The Hall–Kier alpha value is -1.33. The molecule has 112 valence electrons. The van der Waals surface area contributed by atoms with Gasteiger partial charge in [-0.05, 0) is 50.0 Å². The standard InChI is InChI=1S/C16H22BNO3/c1-17(20)18-10-9-16(7-8-16)11-14(18)15(19)21-12-13-5-3-2-4-6-13/h2-6,14,20H,7-12H2,1H3/t14-/m1/s1. The molecule has 1 aromatic rings. The van der Waals surface area contributed by atoms with Gasteiger partial charge in [-0.25, -0.2) is 0 Å². The monoisotopic (exact) mass is 287 g/mol. The van der Waals surface area contributed by atoms with E-state index in [-0.39, 0.29) is 12.0 Å². The van der Waals surface area contributed by atoms with Crippen molar-refractivity contribution in [1.29, 1.82) is 0 Å². The van der Waals surface area contributed by atoms with Gasteiger partial charge in [-0.1, -0.05) is 30.3 Å². The van der Waals surface area contributed by atoms with Gasteiger partial charge in [-0.3, -0.25) is 4.79 Å². The van der Waals surface area contributed by atoms with E-state index in [1.54, 1.807) is 6.82 Å². The highest BCUT2D eigenvalue weighted by Gasteiger charge is 2.51. The molecule has 3 rings (SSSR count). The summed E-state index contributed by atoms with van der Waals surface area (Å²) in [5, 5.41) is 9.89. The van der Waals surface area contributed by atoms with Crippen molar-refractivity contribution < 1.29 is 14.6 Å². The first-order chi connectivity index (χ1) is 10.1. The van der Waals surface area contributed by atoms with E-state index in [1.807, 2.05) is 35.1 Å². The second-order valence-electron chi connectivity index (χ2n) is 6.43. The van der Waals surface area contributed by atoms with Gasteiger partial charge in [0.25, 0.3) is 0 Å². The molecule has 0 aromatic heterocycles. The maximum absolute atomic E-state index is 12.4. The first kappa shape index (κ1) is 14.6. The lowest BCUT2D eigenvalue weighted by Gasteiger charge is -2.39. The van der Waals surface area contributed by atoms with Gasteiger partial charge in [0.1, 0.15) is 12.6 Å². The molecule has 0 radical (unpaired) electrons. The summed E-state index contributed by atoms with van der Waals surface area (Å²) in [5.74, 6) is -0.203. The fourth-order valence-corrected chi connectivity index (χ4v) is 3.27. The molecule has 1 saturated carbocycles. The number of hydrogen-bond acceptors (Lipinski definition) is 4. The van der Waals surface area contributed by atoms with Gasteiger partial charge in [0.15, 0.2) is 0 Å². The largest absolute Gasteiger partial charge is 0.460 e. The average Bonchev–Trinajstić information content (AvgIpc) is 3.24. The van der Waals surface area contributed by atoms with Crippen molar-refractivity contribution in [2.75, 3.05) is 6.54 Å². The SMILES string of the molecule is CB(O)N1CCC2(CC2)C[C@@H]1C(=O)OCc1ccccc1. The van der Waals surface area contributed by atoms with E-state index in [4.69, 9.17) is 4.74 Å². The zero-order chi connectivity index (χ0) is 14.9. The molecular weight excluding hydrogens is 265 g/mol. The number of carbonyl (C=O) groups excluding carboxylic acids is 1. The summed E-state index contributed by atoms with van der Waals surface area (Å²) in [6.45, 7) is 2.81. The number of carbonyl (C=O) groups is 1. The summed E-state index contributed by atoms with van der Waals surface area (Å²) < 4.78 is 5.48. The van der Waals surface area contributed by atoms with Gasteiger partial charge >= 0.3 is 13.0 Å². The van der Waals surface area contributed by atoms with Crippen LogP contribution in [0.1, 0.15) is 31.2 Å². The van der Waals surface area contributed by atoms with Crippen LogP contribution >= 0.6 is 0 Å². The quantitative estimate of drug-likeness (QED) is 0.680. The molecule has 1 heterocycles. The van der Waals surface area contributed by atoms with Crippen molar-refractivity contribution in [3.63, 3.8) is 0 Å². The minimum absolute atomic E-state index is 0.203. The Labute approximate surface area is 126 Å². The normalized spacial score (nSPS) is 23.8. The topological polar surface area (TPSA) is 49.8 Å². The van der Waals surface area contributed by atoms with Crippen LogP contribution in [0.25, 0.3) is 0 Å². The Bertz CT molecular complexity index is 502. The lowest BCUT2D eigenvalue weighted by atomic mass is 9.76. The molecule has 0 amide bonds. The molecule has 1 aliphatic heterocycles. The number of piperidine rings is 1. The third kappa shape index (κ3) is 3.30. The van der Waals surface area contributed by atoms with Gasteiger partial charge in [0.05, 0.1) is 0 Å². The lowest BCUT2D eigenvalue weighted by molar-refractivity contribution is -0.152. The first-order valence-electron chi connectivity index (χ1n) is 7.74. The van der Waals surface area contributed by atoms with Crippen molar-refractivity contribution in [1.82, 2.24) is 4.81 Å². The van der Waals surface area contributed by atoms with Crippen LogP contribution in [0.3, 0.4) is 0 Å². The molecule has 1 N–H and O–H groups in total. The van der Waals surface area contributed by atoms with E-state index >= 15 is 0 Å². The predicted octanol–water partition coefficient (Wildman–Crippen LogP) is 2.08. The molecule has 1 aliphatic carbocycles. The smallest absolute Gasteiger partial charge is 0.377 e. The third-order valence-electron chi connectivity index (χ3n) is 4.86. The van der Waals surface area contributed by atoms with Gasteiger partial charge < -0.3 is 14.6 Å². The van der Waals surface area contributed by atoms with Crippen molar-refractivity contribution in [2.24, 2.45) is 5.41 Å². The van der Waals surface area contributed by atoms with Gasteiger partial charge in [-0.15, -0.1) is 0 Å². The molecule has 1 spiro atoms. The number of nitrogens with zero attached hydrogens (tertiary/aromatic N) is 1. The van der Waals surface area contributed by atoms with E-state index in [9.17, 15) is 9.82 Å². The lowest BCUT2D eigenvalue weighted by Crippen LogP contribution is -2.54. The van der Waals surface area contributed by atoms with E-state index in [2.05, 4.69) is 0 Å². The molecule has 5 heteroatoms. The van der Waals surface area contributed by atoms with Crippen LogP contribution in [0, 0.1) is 5.41 Å². The summed E-state index contributed by atoms with van der Waals surface area (Å²) >= 11 is 0. The Morgan fingerprint density at radius 2 is 2.10 bits per heavy atom. The summed E-state index contributed by atoms with van der Waals surface area (Å²) in [7, 11) is -0.602. The molecule has 1 aromatic carbocycles. The van der Waals surface area contributed by atoms with Crippen LogP contribution in [0.5, 0.6) is 0 Å². The number of benzene rings is 1. The van der Waals surface area contributed by atoms with Crippen LogP contribution in [-0.4, -0.2) is 35.4 Å². The first-order valence-corrected chi connectivity index (χ1v) is 7.74. The second-order valence-corrected chi connectivity index (χ2v) is 6.43. The Morgan fingerprint density at radius 1 is 1.38 bits per heavy atom. The van der Waals surface area contributed by atoms with Crippen molar-refractivity contribution in [2.45, 2.75) is 45.2 Å². The summed E-state index contributed by atoms with van der Waals surface area (Å²) in [6, 6.07) is 9.41. The number of hydrogen-bond donors (Lipinski definition) is 1. The maximum Gasteiger partial charge on any atom is 0.377 e. The van der Waals surface area contributed by atoms with Crippen molar-refractivity contribution in [3.05, 3.63) is 35.9 Å². The molecule has 1 atom stereocenters. The zero-order valence-electron chi connectivity index (χ0n) is 12.5. The predicted molar refractivity (Wildman–Crippen MR) is 81.5 cm³/mol. The van der Waals surface area contributed by atoms with Gasteiger partial charge in [-0.2, -0.15) is 0 Å². The van der Waals surface area contributed by atoms with Crippen molar-refractivity contribution >= 4 is 13.0 Å². The Kier molecular flexibility index (Phi) is 4.04. The molecule has 0 bridgehead atoms. The van der Waals surface area contributed by atoms with Crippen molar-refractivity contribution in [3.8, 4) is 0 Å². The van der Waals surface area contributed by atoms with E-state index in [0.29, 0.717) is 12.0 Å². The fourth-order valence-electron chi connectivity index (χ4n) is 3.27. The minimum Gasteiger partial charge on any atom is -0.460 e.